The number of carbonyl (C=O) groups is 5. The van der Waals surface area contributed by atoms with Crippen LogP contribution in [0.25, 0.3) is 0 Å². The number of hydrogen-bond acceptors (Lipinski definition) is 7. The number of aromatic nitrogens is 4. The lowest BCUT2D eigenvalue weighted by atomic mass is 10.2. The van der Waals surface area contributed by atoms with Gasteiger partial charge < -0.3 is 49.8 Å². The number of carboxylic acid groups (broad SMARTS) is 1. The molecule has 0 aliphatic rings. The van der Waals surface area contributed by atoms with Crippen LogP contribution in [-0.4, -0.2) is 72.9 Å². The van der Waals surface area contributed by atoms with Crippen molar-refractivity contribution in [1.82, 2.24) is 23.6 Å². The van der Waals surface area contributed by atoms with Crippen molar-refractivity contribution in [2.45, 2.75) is 40.7 Å². The molecule has 0 radical (unpaired) electrons. The van der Waals surface area contributed by atoms with E-state index in [0.29, 0.717) is 28.5 Å². The van der Waals surface area contributed by atoms with Gasteiger partial charge in [-0.15, -0.1) is 0 Å². The standard InChI is InChI=1S/C17H22N4O5.C14H18N4O2.CH5N.CH4/c1-17(2,3)26-16(25)19-11-6-12(20(4)9-11)14(22)18-10-7-13(15(23)24)21(5)8-10;1-9-5-11(17(3)7-9)14(20)16-10-6-12(13(19)15-2)18(4)8-10;1-2;/h6-9H,1-5H3,(H,18,22)(H,19,25)(H,23,24);5-8H,1-4H3,(H,15,19)(H,16,20);2H2,1H3;1H4. The molecule has 16 nitrogen and oxygen atoms in total. The van der Waals surface area contributed by atoms with E-state index in [2.05, 4.69) is 27.0 Å². The van der Waals surface area contributed by atoms with Crippen molar-refractivity contribution >= 4 is 46.8 Å². The van der Waals surface area contributed by atoms with Gasteiger partial charge >= 0.3 is 12.1 Å². The number of nitrogens with one attached hydrogen (secondary N) is 4. The summed E-state index contributed by atoms with van der Waals surface area (Å²) in [6.45, 7) is 7.19. The van der Waals surface area contributed by atoms with Crippen molar-refractivity contribution in [2.75, 3.05) is 30.0 Å². The summed E-state index contributed by atoms with van der Waals surface area (Å²) in [6.07, 6.45) is 6.05. The van der Waals surface area contributed by atoms with Gasteiger partial charge in [0.25, 0.3) is 17.7 Å². The Labute approximate surface area is 286 Å². The number of amides is 4. The molecule has 0 spiro atoms. The molecule has 4 rings (SSSR count). The number of carboxylic acids is 1. The normalized spacial score (nSPS) is 10.3. The third kappa shape index (κ3) is 11.5. The van der Waals surface area contributed by atoms with Crippen LogP contribution in [0.3, 0.4) is 0 Å². The molecule has 4 heterocycles. The second kappa shape index (κ2) is 17.4. The van der Waals surface area contributed by atoms with Crippen LogP contribution in [0.4, 0.5) is 21.9 Å². The van der Waals surface area contributed by atoms with E-state index in [9.17, 15) is 24.0 Å². The van der Waals surface area contributed by atoms with Crippen molar-refractivity contribution < 1.29 is 33.8 Å². The van der Waals surface area contributed by atoms with Crippen LogP contribution in [0, 0.1) is 6.92 Å². The molecule has 0 bridgehead atoms. The minimum Gasteiger partial charge on any atom is -0.477 e. The zero-order valence-electron chi connectivity index (χ0n) is 28.9. The van der Waals surface area contributed by atoms with Crippen LogP contribution in [0.1, 0.15) is 75.7 Å². The smallest absolute Gasteiger partial charge is 0.412 e. The number of carbonyl (C=O) groups excluding carboxylic acids is 4. The van der Waals surface area contributed by atoms with Crippen LogP contribution in [0.15, 0.2) is 49.1 Å². The Morgan fingerprint density at radius 2 is 1.02 bits per heavy atom. The highest BCUT2D eigenvalue weighted by Crippen LogP contribution is 2.19. The van der Waals surface area contributed by atoms with E-state index >= 15 is 0 Å². The first-order valence-electron chi connectivity index (χ1n) is 14.7. The number of anilines is 3. The number of aryl methyl sites for hydroxylation is 5. The van der Waals surface area contributed by atoms with Crippen molar-refractivity contribution in [2.24, 2.45) is 33.9 Å². The first-order chi connectivity index (χ1) is 22.4. The highest BCUT2D eigenvalue weighted by atomic mass is 16.6. The van der Waals surface area contributed by atoms with E-state index in [4.69, 9.17) is 9.84 Å². The zero-order chi connectivity index (χ0) is 36.5. The molecule has 4 aromatic rings. The van der Waals surface area contributed by atoms with Crippen LogP contribution < -0.4 is 27.0 Å². The Hall–Kier alpha value is -5.77. The van der Waals surface area contributed by atoms with E-state index in [0.717, 1.165) is 5.56 Å². The summed E-state index contributed by atoms with van der Waals surface area (Å²) in [5.74, 6) is -1.92. The highest BCUT2D eigenvalue weighted by Gasteiger charge is 2.20. The summed E-state index contributed by atoms with van der Waals surface area (Å²) in [5, 5.41) is 19.6. The molecule has 0 saturated carbocycles. The molecule has 0 aromatic carbocycles. The van der Waals surface area contributed by atoms with Gasteiger partial charge in [-0.2, -0.15) is 0 Å². The third-order valence-electron chi connectivity index (χ3n) is 6.46. The van der Waals surface area contributed by atoms with Crippen LogP contribution >= 0.6 is 0 Å². The molecular weight excluding hydrogens is 634 g/mol. The lowest BCUT2D eigenvalue weighted by Gasteiger charge is -2.19. The summed E-state index contributed by atoms with van der Waals surface area (Å²) in [5.41, 5.74) is 7.67. The van der Waals surface area contributed by atoms with Crippen molar-refractivity contribution in [3.8, 4) is 0 Å². The second-order valence-electron chi connectivity index (χ2n) is 11.6. The number of hydrogen-bond donors (Lipinski definition) is 6. The van der Waals surface area contributed by atoms with Gasteiger partial charge in [0.2, 0.25) is 0 Å². The minimum atomic E-state index is -1.09. The van der Waals surface area contributed by atoms with E-state index in [-0.39, 0.29) is 30.6 Å². The number of nitrogens with zero attached hydrogens (tertiary/aromatic N) is 4. The Balaban J connectivity index is 0.000000470. The molecule has 16 heteroatoms. The Morgan fingerprint density at radius 3 is 1.39 bits per heavy atom. The van der Waals surface area contributed by atoms with Crippen LogP contribution in [-0.2, 0) is 32.9 Å². The Kier molecular flexibility index (Phi) is 14.6. The Bertz CT molecular complexity index is 1790. The molecule has 49 heavy (non-hydrogen) atoms. The fourth-order valence-corrected chi connectivity index (χ4v) is 4.46. The molecule has 0 saturated heterocycles. The molecule has 7 N–H and O–H groups in total. The molecule has 0 aliphatic heterocycles. The highest BCUT2D eigenvalue weighted by molar-refractivity contribution is 6.05. The van der Waals surface area contributed by atoms with Crippen molar-refractivity contribution in [1.29, 1.82) is 0 Å². The maximum atomic E-state index is 12.4. The summed E-state index contributed by atoms with van der Waals surface area (Å²) in [6, 6.07) is 6.33. The molecular formula is C33H49N9O7. The maximum absolute atomic E-state index is 12.4. The second-order valence-corrected chi connectivity index (χ2v) is 11.6. The molecule has 0 atom stereocenters. The summed E-state index contributed by atoms with van der Waals surface area (Å²) in [7, 11) is 9.88. The third-order valence-corrected chi connectivity index (χ3v) is 6.46. The fourth-order valence-electron chi connectivity index (χ4n) is 4.46. The topological polar surface area (TPSA) is 209 Å². The van der Waals surface area contributed by atoms with Gasteiger partial charge in [0.15, 0.2) is 0 Å². The largest absolute Gasteiger partial charge is 0.477 e. The first kappa shape index (κ1) is 41.3. The minimum absolute atomic E-state index is 0. The van der Waals surface area contributed by atoms with E-state index in [1.54, 1.807) is 81.1 Å². The summed E-state index contributed by atoms with van der Waals surface area (Å²) < 4.78 is 11.6. The molecule has 0 aliphatic carbocycles. The van der Waals surface area contributed by atoms with Crippen molar-refractivity contribution in [3.63, 3.8) is 0 Å². The lowest BCUT2D eigenvalue weighted by molar-refractivity contribution is 0.0633. The molecule has 268 valence electrons. The number of nitrogens with two attached hydrogens (primary N) is 1. The van der Waals surface area contributed by atoms with Gasteiger partial charge in [-0.05, 0) is 64.6 Å². The van der Waals surface area contributed by atoms with Crippen molar-refractivity contribution in [3.05, 3.63) is 77.4 Å². The zero-order valence-corrected chi connectivity index (χ0v) is 28.9. The monoisotopic (exact) mass is 683 g/mol. The Morgan fingerprint density at radius 1 is 0.653 bits per heavy atom. The van der Waals surface area contributed by atoms with E-state index < -0.39 is 23.6 Å². The van der Waals surface area contributed by atoms with Crippen LogP contribution in [0.5, 0.6) is 0 Å². The molecule has 0 unspecified atom stereocenters. The van der Waals surface area contributed by atoms with Gasteiger partial charge in [0.1, 0.15) is 28.4 Å². The molecule has 4 aromatic heterocycles. The van der Waals surface area contributed by atoms with Gasteiger partial charge in [-0.3, -0.25) is 19.7 Å². The summed E-state index contributed by atoms with van der Waals surface area (Å²) in [4.78, 5) is 59.1. The van der Waals surface area contributed by atoms with E-state index in [1.165, 1.54) is 29.9 Å². The van der Waals surface area contributed by atoms with Gasteiger partial charge in [0.05, 0.1) is 17.1 Å². The van der Waals surface area contributed by atoms with Gasteiger partial charge in [0, 0.05) is 60.0 Å². The lowest BCUT2D eigenvalue weighted by Crippen LogP contribution is -2.27. The fraction of sp³-hybridized carbons (Fsp3) is 0.364. The van der Waals surface area contributed by atoms with Gasteiger partial charge in [-0.1, -0.05) is 7.43 Å². The molecule has 4 amide bonds. The quantitative estimate of drug-likeness (QED) is 0.166. The van der Waals surface area contributed by atoms with Gasteiger partial charge in [-0.25, -0.2) is 9.59 Å². The first-order valence-corrected chi connectivity index (χ1v) is 14.7. The predicted octanol–water partition coefficient (Wildman–Crippen LogP) is 4.16. The summed E-state index contributed by atoms with van der Waals surface area (Å²) >= 11 is 0. The SMILES string of the molecule is C.CN.CNC(=O)c1cc(NC(=O)c2cc(C)cn2C)cn1C.Cn1cc(NC(=O)c2cc(NC(=O)OC(C)(C)C)cn2C)cc1C(=O)O. The molecule has 0 fully saturated rings. The van der Waals surface area contributed by atoms with Crippen LogP contribution in [0.2, 0.25) is 0 Å². The predicted molar refractivity (Wildman–Crippen MR) is 189 cm³/mol. The number of ether oxygens (including phenoxy) is 1. The maximum Gasteiger partial charge on any atom is 0.412 e. The average molecular weight is 684 g/mol. The number of aromatic carboxylic acids is 1. The average Bonchev–Trinajstić information content (AvgIpc) is 3.73. The van der Waals surface area contributed by atoms with E-state index in [1.807, 2.05) is 26.2 Å². The number of rotatable bonds is 7.